The maximum atomic E-state index is 12.7. The Balaban J connectivity index is 0.828. The van der Waals surface area contributed by atoms with E-state index in [1.165, 1.54) is 0 Å². The van der Waals surface area contributed by atoms with Crippen molar-refractivity contribution < 1.29 is 57.9 Å². The number of thioether (sulfide) groups is 2. The van der Waals surface area contributed by atoms with E-state index in [1.54, 1.807) is 72.1 Å². The normalized spacial score (nSPS) is 13.9. The van der Waals surface area contributed by atoms with Crippen molar-refractivity contribution in [3.63, 3.8) is 0 Å². The molecule has 0 saturated carbocycles. The quantitative estimate of drug-likeness (QED) is 0.0260. The first-order valence-electron chi connectivity index (χ1n) is 23.9. The maximum Gasteiger partial charge on any atom is 0.411 e. The van der Waals surface area contributed by atoms with E-state index in [-0.39, 0.29) is 31.1 Å². The molecule has 1 atom stereocenters. The van der Waals surface area contributed by atoms with E-state index in [1.807, 2.05) is 65.3 Å². The van der Waals surface area contributed by atoms with Gasteiger partial charge in [-0.3, -0.25) is 30.9 Å². The van der Waals surface area contributed by atoms with Crippen LogP contribution in [-0.4, -0.2) is 145 Å². The first-order valence-corrected chi connectivity index (χ1v) is 26.3. The Morgan fingerprint density at radius 1 is 0.556 bits per heavy atom. The fourth-order valence-corrected chi connectivity index (χ4v) is 9.35. The van der Waals surface area contributed by atoms with Gasteiger partial charge in [0.05, 0.1) is 18.6 Å². The van der Waals surface area contributed by atoms with Gasteiger partial charge in [0.2, 0.25) is 11.8 Å². The van der Waals surface area contributed by atoms with Gasteiger partial charge in [-0.25, -0.2) is 19.2 Å². The highest BCUT2D eigenvalue weighted by atomic mass is 32.2. The summed E-state index contributed by atoms with van der Waals surface area (Å²) in [5.74, 6) is 3.29. The molecule has 4 aromatic rings. The van der Waals surface area contributed by atoms with Gasteiger partial charge in [-0.2, -0.15) is 23.5 Å². The molecule has 2 aliphatic heterocycles. The van der Waals surface area contributed by atoms with Gasteiger partial charge < -0.3 is 39.0 Å². The van der Waals surface area contributed by atoms with Crippen LogP contribution in [-0.2, 0) is 41.4 Å². The molecule has 6 rings (SSSR count). The number of nitrogens with one attached hydrogen (secondary N) is 4. The second kappa shape index (κ2) is 28.5. The predicted octanol–water partition coefficient (Wildman–Crippen LogP) is 7.83. The van der Waals surface area contributed by atoms with Crippen molar-refractivity contribution in [1.29, 1.82) is 0 Å². The van der Waals surface area contributed by atoms with Crippen molar-refractivity contribution in [2.75, 3.05) is 104 Å². The zero-order chi connectivity index (χ0) is 51.1. The summed E-state index contributed by atoms with van der Waals surface area (Å²) in [4.78, 5) is 77.3. The molecule has 2 heterocycles. The van der Waals surface area contributed by atoms with E-state index >= 15 is 0 Å². The molecular weight excluding hydrogens is 965 g/mol. The van der Waals surface area contributed by atoms with Crippen molar-refractivity contribution in [2.45, 2.75) is 51.5 Å². The van der Waals surface area contributed by atoms with Gasteiger partial charge in [0.25, 0.3) is 0 Å². The lowest BCUT2D eigenvalue weighted by atomic mass is 9.92. The molecule has 0 aromatic heterocycles. The Labute approximate surface area is 428 Å². The number of carbonyl (C=O) groups is 6. The minimum Gasteiger partial charge on any atom is -0.448 e. The molecule has 2 fully saturated rings. The summed E-state index contributed by atoms with van der Waals surface area (Å²) in [6.45, 7) is 2.76. The number of carbonyl (C=O) groups excluding carboxylic acids is 6. The number of hydrogen-bond acceptors (Lipinski definition) is 14. The lowest BCUT2D eigenvalue weighted by molar-refractivity contribution is -0.129. The van der Waals surface area contributed by atoms with Gasteiger partial charge >= 0.3 is 24.4 Å². The summed E-state index contributed by atoms with van der Waals surface area (Å²) in [5, 5.41) is 31.0. The zero-order valence-corrected chi connectivity index (χ0v) is 42.1. The molecule has 4 aromatic carbocycles. The number of aliphatic hydroxyl groups excluding tert-OH is 2. The van der Waals surface area contributed by atoms with Crippen LogP contribution in [0.5, 0.6) is 0 Å². The van der Waals surface area contributed by atoms with Crippen LogP contribution in [0.1, 0.15) is 54.9 Å². The molecule has 6 amide bonds. The number of amides is 6. The molecule has 0 aliphatic carbocycles. The van der Waals surface area contributed by atoms with Crippen LogP contribution in [0.15, 0.2) is 97.1 Å². The van der Waals surface area contributed by atoms with Crippen molar-refractivity contribution in [1.82, 2.24) is 9.80 Å². The number of hydrogen-bond donors (Lipinski definition) is 6. The number of likely N-dealkylation sites (tertiary alicyclic amines) is 2. The number of nitrogens with zero attached hydrogens (tertiary/aromatic N) is 2. The average molecular weight is 1030 g/mol. The largest absolute Gasteiger partial charge is 0.448 e. The fraction of sp³-hybridized carbons (Fsp3) is 0.423. The average Bonchev–Trinajstić information content (AvgIpc) is 4.01. The Morgan fingerprint density at radius 3 is 1.32 bits per heavy atom. The van der Waals surface area contributed by atoms with Gasteiger partial charge in [-0.15, -0.1) is 0 Å². The van der Waals surface area contributed by atoms with Crippen LogP contribution >= 0.6 is 23.5 Å². The van der Waals surface area contributed by atoms with E-state index in [9.17, 15) is 39.0 Å². The molecule has 2 saturated heterocycles. The van der Waals surface area contributed by atoms with E-state index in [2.05, 4.69) is 21.3 Å². The summed E-state index contributed by atoms with van der Waals surface area (Å²) in [7, 11) is 0. The molecule has 72 heavy (non-hydrogen) atoms. The lowest BCUT2D eigenvalue weighted by Crippen LogP contribution is -2.42. The van der Waals surface area contributed by atoms with Gasteiger partial charge in [0, 0.05) is 84.3 Å². The third-order valence-corrected chi connectivity index (χ3v) is 14.0. The SMILES string of the molecule is CC(CSCCOC(=O)Nc1ccc(Cc2ccc(NC(=O)OCC(CO)(CO)COC(=O)Nc3ccc(Cc4ccc(NC(=O)OCCSCCN5CCCC5=O)cc4)cc3)cc2)cc1)N1CCCC1=O. The van der Waals surface area contributed by atoms with Crippen molar-refractivity contribution in [2.24, 2.45) is 5.41 Å². The zero-order valence-electron chi connectivity index (χ0n) is 40.4. The minimum absolute atomic E-state index is 0.162. The van der Waals surface area contributed by atoms with E-state index < -0.39 is 56.2 Å². The van der Waals surface area contributed by atoms with Crippen LogP contribution < -0.4 is 21.3 Å². The third-order valence-electron chi connectivity index (χ3n) is 11.9. The molecular formula is C52H64N6O12S2. The first-order chi connectivity index (χ1) is 34.9. The summed E-state index contributed by atoms with van der Waals surface area (Å²) < 4.78 is 21.2. The summed E-state index contributed by atoms with van der Waals surface area (Å²) in [6.07, 6.45) is 1.53. The van der Waals surface area contributed by atoms with Crippen molar-refractivity contribution in [3.05, 3.63) is 119 Å². The molecule has 0 bridgehead atoms. The Bertz CT molecular complexity index is 2390. The number of aliphatic hydroxyl groups is 2. The Morgan fingerprint density at radius 2 is 0.944 bits per heavy atom. The van der Waals surface area contributed by atoms with Crippen molar-refractivity contribution >= 4 is 82.5 Å². The van der Waals surface area contributed by atoms with Gasteiger partial charge in [-0.05, 0) is 103 Å². The van der Waals surface area contributed by atoms with E-state index in [0.717, 1.165) is 66.2 Å². The Hall–Kier alpha value is -6.48. The summed E-state index contributed by atoms with van der Waals surface area (Å²) >= 11 is 3.29. The topological polar surface area (TPSA) is 234 Å². The second-order valence-corrected chi connectivity index (χ2v) is 20.0. The van der Waals surface area contributed by atoms with Crippen LogP contribution in [0.25, 0.3) is 0 Å². The van der Waals surface area contributed by atoms with Gasteiger partial charge in [0.1, 0.15) is 26.4 Å². The van der Waals surface area contributed by atoms with E-state index in [4.69, 9.17) is 18.9 Å². The number of ether oxygens (including phenoxy) is 4. The molecule has 0 radical (unpaired) electrons. The predicted molar refractivity (Wildman–Crippen MR) is 279 cm³/mol. The summed E-state index contributed by atoms with van der Waals surface area (Å²) in [6, 6.07) is 29.1. The molecule has 2 aliphatic rings. The van der Waals surface area contributed by atoms with Gasteiger partial charge in [-0.1, -0.05) is 48.5 Å². The van der Waals surface area contributed by atoms with Gasteiger partial charge in [0.15, 0.2) is 0 Å². The highest BCUT2D eigenvalue weighted by Gasteiger charge is 2.33. The highest BCUT2D eigenvalue weighted by Crippen LogP contribution is 2.22. The van der Waals surface area contributed by atoms with Crippen LogP contribution in [0, 0.1) is 5.41 Å². The monoisotopic (exact) mass is 1030 g/mol. The standard InChI is InChI=1S/C52H64N6O12S2/c1-37(58-23-3-5-47(58)62)32-72-29-26-68-49(64)54-43-16-8-39(9-17-43)31-41-12-20-45(21-13-41)56-51(66)70-36-52(33-59,34-60)35-69-50(65)55-44-18-10-40(11-19-44)30-38-6-14-42(15-7-38)53-48(63)67-25-28-71-27-24-57-22-2-4-46(57)61/h6-21,37,59-60H,2-5,22-36H2,1H3,(H,53,63)(H,54,64)(H,55,65)(H,56,66). The molecule has 386 valence electrons. The first kappa shape index (κ1) is 54.8. The molecule has 20 heteroatoms. The number of benzene rings is 4. The number of rotatable bonds is 26. The molecule has 6 N–H and O–H groups in total. The Kier molecular flexibility index (Phi) is 21.7. The van der Waals surface area contributed by atoms with Crippen LogP contribution in [0.3, 0.4) is 0 Å². The smallest absolute Gasteiger partial charge is 0.411 e. The third kappa shape index (κ3) is 18.3. The number of anilines is 4. The maximum absolute atomic E-state index is 12.7. The molecule has 0 spiro atoms. The van der Waals surface area contributed by atoms with Crippen molar-refractivity contribution in [3.8, 4) is 0 Å². The highest BCUT2D eigenvalue weighted by molar-refractivity contribution is 7.99. The van der Waals surface area contributed by atoms with E-state index in [0.29, 0.717) is 59.9 Å². The summed E-state index contributed by atoms with van der Waals surface area (Å²) in [5.41, 5.74) is 4.54. The lowest BCUT2D eigenvalue weighted by Gasteiger charge is -2.28. The minimum atomic E-state index is -1.47. The molecule has 18 nitrogen and oxygen atoms in total. The molecule has 1 unspecified atom stereocenters. The fourth-order valence-electron chi connectivity index (χ4n) is 7.71. The van der Waals surface area contributed by atoms with Crippen LogP contribution in [0.4, 0.5) is 41.9 Å². The van der Waals surface area contributed by atoms with Crippen LogP contribution in [0.2, 0.25) is 0 Å². The second-order valence-electron chi connectivity index (χ2n) is 17.6.